The molecule has 1 aromatic heterocycles. The molecular weight excluding hydrogens is 465 g/mol. The molecule has 9 heteroatoms. The standard InChI is InChI=1S/C27H30FN3O5/c1-33-20-7-4-6-19(16-20)26(32)31(17-21-8-5-13-35-21)18-23-25(22-9-2-3-10-24(22)28)29-36-27(23)30-11-14-34-15-12-30/h2-4,6-7,9-10,16,21H,5,8,11-15,17-18H2,1H3/t21-/m0/s1. The van der Waals surface area contributed by atoms with Gasteiger partial charge >= 0.3 is 0 Å². The van der Waals surface area contributed by atoms with Crippen molar-refractivity contribution in [3.8, 4) is 17.0 Å². The first kappa shape index (κ1) is 24.3. The maximum atomic E-state index is 14.8. The molecule has 2 aliphatic heterocycles. The number of carbonyl (C=O) groups excluding carboxylic acids is 1. The van der Waals surface area contributed by atoms with Crippen LogP contribution in [0.2, 0.25) is 0 Å². The van der Waals surface area contributed by atoms with Gasteiger partial charge < -0.3 is 28.5 Å². The lowest BCUT2D eigenvalue weighted by Gasteiger charge is -2.29. The highest BCUT2D eigenvalue weighted by molar-refractivity contribution is 5.94. The van der Waals surface area contributed by atoms with E-state index in [9.17, 15) is 9.18 Å². The summed E-state index contributed by atoms with van der Waals surface area (Å²) in [6.45, 7) is 3.62. The summed E-state index contributed by atoms with van der Waals surface area (Å²) in [4.78, 5) is 17.6. The number of halogens is 1. The largest absolute Gasteiger partial charge is 0.497 e. The number of hydrogen-bond acceptors (Lipinski definition) is 7. The van der Waals surface area contributed by atoms with Gasteiger partial charge in [0, 0.05) is 37.4 Å². The first-order chi connectivity index (χ1) is 17.6. The lowest BCUT2D eigenvalue weighted by atomic mass is 10.0. The Morgan fingerprint density at radius 2 is 2.00 bits per heavy atom. The van der Waals surface area contributed by atoms with E-state index in [0.717, 1.165) is 12.8 Å². The average Bonchev–Trinajstić information content (AvgIpc) is 3.59. The van der Waals surface area contributed by atoms with Crippen LogP contribution >= 0.6 is 0 Å². The summed E-state index contributed by atoms with van der Waals surface area (Å²) in [5.74, 6) is 0.569. The number of ether oxygens (including phenoxy) is 3. The molecule has 2 aromatic carbocycles. The number of morpholine rings is 1. The number of carbonyl (C=O) groups is 1. The number of benzene rings is 2. The predicted octanol–water partition coefficient (Wildman–Crippen LogP) is 4.15. The molecule has 190 valence electrons. The summed E-state index contributed by atoms with van der Waals surface area (Å²) >= 11 is 0. The van der Waals surface area contributed by atoms with E-state index in [-0.39, 0.29) is 18.6 Å². The Labute approximate surface area is 209 Å². The normalized spacial score (nSPS) is 17.8. The Hall–Kier alpha value is -3.43. The zero-order valence-corrected chi connectivity index (χ0v) is 20.3. The number of amides is 1. The summed E-state index contributed by atoms with van der Waals surface area (Å²) in [6.07, 6.45) is 1.77. The average molecular weight is 496 g/mol. The van der Waals surface area contributed by atoms with Crippen molar-refractivity contribution in [3.63, 3.8) is 0 Å². The zero-order valence-electron chi connectivity index (χ0n) is 20.3. The molecule has 0 unspecified atom stereocenters. The molecule has 0 bridgehead atoms. The maximum Gasteiger partial charge on any atom is 0.254 e. The Balaban J connectivity index is 1.54. The van der Waals surface area contributed by atoms with Gasteiger partial charge in [0.25, 0.3) is 5.91 Å². The SMILES string of the molecule is COc1cccc(C(=O)N(Cc2c(-c3ccccc3F)noc2N2CCOCC2)C[C@@H]2CCCO2)c1. The van der Waals surface area contributed by atoms with Crippen molar-refractivity contribution in [2.24, 2.45) is 0 Å². The molecule has 1 atom stereocenters. The van der Waals surface area contributed by atoms with Gasteiger partial charge in [0.2, 0.25) is 5.88 Å². The second-order valence-electron chi connectivity index (χ2n) is 8.95. The second kappa shape index (κ2) is 11.1. The minimum Gasteiger partial charge on any atom is -0.497 e. The highest BCUT2D eigenvalue weighted by Crippen LogP contribution is 2.35. The molecule has 0 saturated carbocycles. The lowest BCUT2D eigenvalue weighted by molar-refractivity contribution is 0.0507. The minimum atomic E-state index is -0.398. The van der Waals surface area contributed by atoms with E-state index < -0.39 is 5.82 Å². The molecule has 3 aromatic rings. The molecule has 8 nitrogen and oxygen atoms in total. The zero-order chi connectivity index (χ0) is 24.9. The van der Waals surface area contributed by atoms with Crippen LogP contribution in [0.5, 0.6) is 5.75 Å². The Kier molecular flexibility index (Phi) is 7.48. The van der Waals surface area contributed by atoms with E-state index in [1.807, 2.05) is 4.90 Å². The van der Waals surface area contributed by atoms with Crippen molar-refractivity contribution in [1.29, 1.82) is 0 Å². The molecule has 3 heterocycles. The molecule has 0 aliphatic carbocycles. The maximum absolute atomic E-state index is 14.8. The number of anilines is 1. The van der Waals surface area contributed by atoms with Crippen molar-refractivity contribution < 1.29 is 27.9 Å². The van der Waals surface area contributed by atoms with Gasteiger partial charge in [-0.05, 0) is 43.2 Å². The molecule has 2 aliphatic rings. The van der Waals surface area contributed by atoms with Gasteiger partial charge in [-0.3, -0.25) is 4.79 Å². The highest BCUT2D eigenvalue weighted by atomic mass is 19.1. The van der Waals surface area contributed by atoms with Crippen molar-refractivity contribution in [1.82, 2.24) is 10.1 Å². The van der Waals surface area contributed by atoms with Crippen molar-refractivity contribution >= 4 is 11.8 Å². The molecule has 2 saturated heterocycles. The monoisotopic (exact) mass is 495 g/mol. The quantitative estimate of drug-likeness (QED) is 0.465. The van der Waals surface area contributed by atoms with E-state index in [1.165, 1.54) is 6.07 Å². The fourth-order valence-corrected chi connectivity index (χ4v) is 4.71. The Bertz CT molecular complexity index is 1190. The molecular formula is C27H30FN3O5. The van der Waals surface area contributed by atoms with Gasteiger partial charge in [0.05, 0.1) is 38.5 Å². The van der Waals surface area contributed by atoms with Crippen LogP contribution in [0.25, 0.3) is 11.3 Å². The summed E-state index contributed by atoms with van der Waals surface area (Å²) in [6, 6.07) is 13.5. The molecule has 0 N–H and O–H groups in total. The van der Waals surface area contributed by atoms with Crippen LogP contribution in [-0.4, -0.2) is 68.6 Å². The van der Waals surface area contributed by atoms with Crippen LogP contribution in [0, 0.1) is 5.82 Å². The molecule has 0 radical (unpaired) electrons. The first-order valence-corrected chi connectivity index (χ1v) is 12.2. The van der Waals surface area contributed by atoms with Crippen molar-refractivity contribution in [3.05, 3.63) is 65.5 Å². The summed E-state index contributed by atoms with van der Waals surface area (Å²) in [7, 11) is 1.57. The fraction of sp³-hybridized carbons (Fsp3) is 0.407. The van der Waals surface area contributed by atoms with E-state index in [4.69, 9.17) is 18.7 Å². The first-order valence-electron chi connectivity index (χ1n) is 12.2. The number of methoxy groups -OCH3 is 1. The summed E-state index contributed by atoms with van der Waals surface area (Å²) in [5.41, 5.74) is 1.90. The van der Waals surface area contributed by atoms with Gasteiger partial charge in [-0.1, -0.05) is 23.4 Å². The number of nitrogens with zero attached hydrogens (tertiary/aromatic N) is 3. The molecule has 0 spiro atoms. The molecule has 36 heavy (non-hydrogen) atoms. The van der Waals surface area contributed by atoms with E-state index in [1.54, 1.807) is 54.5 Å². The van der Waals surface area contributed by atoms with Gasteiger partial charge in [0.1, 0.15) is 17.3 Å². The summed E-state index contributed by atoms with van der Waals surface area (Å²) in [5, 5.41) is 4.28. The van der Waals surface area contributed by atoms with Crippen molar-refractivity contribution in [2.45, 2.75) is 25.5 Å². The topological polar surface area (TPSA) is 77.3 Å². The van der Waals surface area contributed by atoms with Crippen LogP contribution in [0.15, 0.2) is 53.1 Å². The third-order valence-corrected chi connectivity index (χ3v) is 6.60. The smallest absolute Gasteiger partial charge is 0.254 e. The van der Waals surface area contributed by atoms with Gasteiger partial charge in [0.15, 0.2) is 0 Å². The van der Waals surface area contributed by atoms with Gasteiger partial charge in [-0.25, -0.2) is 4.39 Å². The van der Waals surface area contributed by atoms with Crippen LogP contribution in [0.3, 0.4) is 0 Å². The number of hydrogen-bond donors (Lipinski definition) is 0. The number of aromatic nitrogens is 1. The van der Waals surface area contributed by atoms with Gasteiger partial charge in [-0.15, -0.1) is 0 Å². The Morgan fingerprint density at radius 3 is 2.75 bits per heavy atom. The van der Waals surface area contributed by atoms with E-state index in [2.05, 4.69) is 5.16 Å². The lowest BCUT2D eigenvalue weighted by Crippen LogP contribution is -2.39. The third-order valence-electron chi connectivity index (χ3n) is 6.60. The highest BCUT2D eigenvalue weighted by Gasteiger charge is 2.30. The van der Waals surface area contributed by atoms with Crippen molar-refractivity contribution in [2.75, 3.05) is 51.5 Å². The van der Waals surface area contributed by atoms with Crippen LogP contribution in [0.1, 0.15) is 28.8 Å². The predicted molar refractivity (Wildman–Crippen MR) is 132 cm³/mol. The van der Waals surface area contributed by atoms with Crippen LogP contribution in [0.4, 0.5) is 10.3 Å². The Morgan fingerprint density at radius 1 is 1.17 bits per heavy atom. The van der Waals surface area contributed by atoms with Gasteiger partial charge in [-0.2, -0.15) is 0 Å². The van der Waals surface area contributed by atoms with Crippen LogP contribution < -0.4 is 9.64 Å². The summed E-state index contributed by atoms with van der Waals surface area (Å²) < 4.78 is 37.4. The van der Waals surface area contributed by atoms with E-state index >= 15 is 0 Å². The molecule has 1 amide bonds. The van der Waals surface area contributed by atoms with Crippen LogP contribution in [-0.2, 0) is 16.0 Å². The molecule has 5 rings (SSSR count). The molecule has 2 fully saturated rings. The fourth-order valence-electron chi connectivity index (χ4n) is 4.71. The second-order valence-corrected chi connectivity index (χ2v) is 8.95. The minimum absolute atomic E-state index is 0.0665. The number of rotatable bonds is 8. The third kappa shape index (κ3) is 5.22. The van der Waals surface area contributed by atoms with E-state index in [0.29, 0.717) is 73.5 Å².